The summed E-state index contributed by atoms with van der Waals surface area (Å²) in [6.07, 6.45) is 0.227. The van der Waals surface area contributed by atoms with E-state index in [1.807, 2.05) is 0 Å². The van der Waals surface area contributed by atoms with Crippen LogP contribution in [0.25, 0.3) is 0 Å². The van der Waals surface area contributed by atoms with E-state index in [2.05, 4.69) is 0 Å². The van der Waals surface area contributed by atoms with Crippen LogP contribution < -0.4 is 4.31 Å². The molecule has 1 aliphatic rings. The lowest BCUT2D eigenvalue weighted by Gasteiger charge is -2.20. The predicted octanol–water partition coefficient (Wildman–Crippen LogP) is 2.55. The predicted molar refractivity (Wildman–Crippen MR) is 57.5 cm³/mol. The van der Waals surface area contributed by atoms with Crippen LogP contribution in [-0.4, -0.2) is 20.5 Å². The molecule has 1 aromatic carbocycles. The monoisotopic (exact) mass is 285 g/mol. The number of sulfonamides is 1. The van der Waals surface area contributed by atoms with E-state index < -0.39 is 15.5 Å². The minimum Gasteiger partial charge on any atom is -0.262 e. The summed E-state index contributed by atoms with van der Waals surface area (Å²) in [5.74, 6) is 0. The minimum absolute atomic E-state index is 0.0479. The normalized spacial score (nSPS) is 16.1. The highest BCUT2D eigenvalue weighted by Gasteiger charge is 2.51. The molecule has 2 rings (SSSR count). The van der Waals surface area contributed by atoms with Gasteiger partial charge in [0.1, 0.15) is 0 Å². The van der Waals surface area contributed by atoms with Gasteiger partial charge >= 0.3 is 15.5 Å². The third kappa shape index (κ3) is 1.97. The topological polar surface area (TPSA) is 37.4 Å². The maximum Gasteiger partial charge on any atom is 0.516 e. The molecule has 1 heterocycles. The molecule has 17 heavy (non-hydrogen) atoms. The van der Waals surface area contributed by atoms with Gasteiger partial charge in [-0.05, 0) is 30.2 Å². The van der Waals surface area contributed by atoms with E-state index in [4.69, 9.17) is 11.6 Å². The van der Waals surface area contributed by atoms with Crippen molar-refractivity contribution in [3.63, 3.8) is 0 Å². The van der Waals surface area contributed by atoms with E-state index in [-0.39, 0.29) is 18.7 Å². The first-order valence-corrected chi connectivity index (χ1v) is 6.43. The van der Waals surface area contributed by atoms with Crippen LogP contribution in [0.4, 0.5) is 18.9 Å². The van der Waals surface area contributed by atoms with Crippen molar-refractivity contribution in [2.45, 2.75) is 11.9 Å². The van der Waals surface area contributed by atoms with Gasteiger partial charge in [0.05, 0.1) is 5.69 Å². The molecular weight excluding hydrogens is 279 g/mol. The van der Waals surface area contributed by atoms with Crippen LogP contribution in [0.3, 0.4) is 0 Å². The van der Waals surface area contributed by atoms with Crippen molar-refractivity contribution in [2.75, 3.05) is 10.8 Å². The Labute approximate surface area is 101 Å². The highest BCUT2D eigenvalue weighted by Crippen LogP contribution is 2.37. The molecule has 0 saturated carbocycles. The lowest BCUT2D eigenvalue weighted by Crippen LogP contribution is -2.39. The van der Waals surface area contributed by atoms with Crippen LogP contribution in [-0.2, 0) is 16.4 Å². The Morgan fingerprint density at radius 2 is 1.94 bits per heavy atom. The summed E-state index contributed by atoms with van der Waals surface area (Å²) in [6.45, 7) is -0.211. The van der Waals surface area contributed by atoms with E-state index in [9.17, 15) is 21.6 Å². The van der Waals surface area contributed by atoms with Gasteiger partial charge in [-0.15, -0.1) is 0 Å². The first kappa shape index (κ1) is 12.5. The Morgan fingerprint density at radius 3 is 2.53 bits per heavy atom. The zero-order valence-corrected chi connectivity index (χ0v) is 9.90. The largest absolute Gasteiger partial charge is 0.516 e. The number of halogens is 4. The minimum atomic E-state index is -5.31. The van der Waals surface area contributed by atoms with Crippen molar-refractivity contribution in [2.24, 2.45) is 0 Å². The van der Waals surface area contributed by atoms with Crippen molar-refractivity contribution in [1.29, 1.82) is 0 Å². The van der Waals surface area contributed by atoms with E-state index in [0.29, 0.717) is 14.9 Å². The van der Waals surface area contributed by atoms with E-state index in [1.165, 1.54) is 18.2 Å². The third-order valence-corrected chi connectivity index (χ3v) is 4.26. The molecule has 1 aliphatic heterocycles. The van der Waals surface area contributed by atoms with Crippen LogP contribution in [0.15, 0.2) is 18.2 Å². The Kier molecular flexibility index (Phi) is 2.78. The van der Waals surface area contributed by atoms with Crippen LogP contribution in [0.5, 0.6) is 0 Å². The number of fused-ring (bicyclic) bond motifs is 1. The highest BCUT2D eigenvalue weighted by molar-refractivity contribution is 7.93. The lowest BCUT2D eigenvalue weighted by molar-refractivity contribution is -0.0437. The number of hydrogen-bond acceptors (Lipinski definition) is 2. The summed E-state index contributed by atoms with van der Waals surface area (Å²) >= 11 is 5.69. The Morgan fingerprint density at radius 1 is 1.29 bits per heavy atom. The number of nitrogens with zero attached hydrogens (tertiary/aromatic N) is 1. The van der Waals surface area contributed by atoms with Crippen molar-refractivity contribution in [1.82, 2.24) is 0 Å². The number of benzene rings is 1. The van der Waals surface area contributed by atoms with E-state index in [0.717, 1.165) is 0 Å². The van der Waals surface area contributed by atoms with Crippen LogP contribution in [0.1, 0.15) is 5.56 Å². The fraction of sp³-hybridized carbons (Fsp3) is 0.333. The van der Waals surface area contributed by atoms with Gasteiger partial charge in [0, 0.05) is 11.6 Å². The molecular formula is C9H7ClF3NO2S. The standard InChI is InChI=1S/C9H7ClF3NO2S/c10-7-1-2-8-6(5-7)3-4-14(8)17(15,16)9(11,12)13/h1-2,5H,3-4H2. The summed E-state index contributed by atoms with van der Waals surface area (Å²) in [5.41, 5.74) is -4.73. The second kappa shape index (κ2) is 3.78. The van der Waals surface area contributed by atoms with Gasteiger partial charge in [-0.25, -0.2) is 0 Å². The molecule has 0 amide bonds. The summed E-state index contributed by atoms with van der Waals surface area (Å²) < 4.78 is 60.1. The van der Waals surface area contributed by atoms with Gasteiger partial charge in [-0.2, -0.15) is 21.6 Å². The van der Waals surface area contributed by atoms with Gasteiger partial charge in [-0.3, -0.25) is 4.31 Å². The fourth-order valence-corrected chi connectivity index (χ4v) is 2.93. The molecule has 0 saturated heterocycles. The van der Waals surface area contributed by atoms with E-state index in [1.54, 1.807) is 0 Å². The smallest absolute Gasteiger partial charge is 0.262 e. The molecule has 0 unspecified atom stereocenters. The van der Waals surface area contributed by atoms with Crippen molar-refractivity contribution < 1.29 is 21.6 Å². The van der Waals surface area contributed by atoms with Gasteiger partial charge in [0.15, 0.2) is 0 Å². The zero-order chi connectivity index (χ0) is 12.8. The first-order valence-electron chi connectivity index (χ1n) is 4.61. The number of alkyl halides is 3. The Balaban J connectivity index is 2.48. The van der Waals surface area contributed by atoms with Crippen LogP contribution >= 0.6 is 11.6 Å². The number of hydrogen-bond donors (Lipinski definition) is 0. The van der Waals surface area contributed by atoms with Crippen molar-refractivity contribution in [3.05, 3.63) is 28.8 Å². The quantitative estimate of drug-likeness (QED) is 0.795. The summed E-state index contributed by atoms with van der Waals surface area (Å²) in [7, 11) is -5.31. The molecule has 94 valence electrons. The molecule has 0 fully saturated rings. The molecule has 0 aliphatic carbocycles. The summed E-state index contributed by atoms with van der Waals surface area (Å²) in [5, 5.41) is 0.370. The third-order valence-electron chi connectivity index (χ3n) is 2.48. The number of anilines is 1. The molecule has 1 aromatic rings. The number of rotatable bonds is 1. The molecule has 0 spiro atoms. The maximum absolute atomic E-state index is 12.4. The molecule has 0 bridgehead atoms. The van der Waals surface area contributed by atoms with Crippen molar-refractivity contribution >= 4 is 27.3 Å². The highest BCUT2D eigenvalue weighted by atomic mass is 35.5. The van der Waals surface area contributed by atoms with Gasteiger partial charge in [0.2, 0.25) is 0 Å². The SMILES string of the molecule is O=S(=O)(N1CCc2cc(Cl)ccc21)C(F)(F)F. The molecule has 0 radical (unpaired) electrons. The maximum atomic E-state index is 12.4. The zero-order valence-electron chi connectivity index (χ0n) is 8.33. The fourth-order valence-electron chi connectivity index (χ4n) is 1.71. The van der Waals surface area contributed by atoms with Gasteiger partial charge in [0.25, 0.3) is 0 Å². The molecule has 3 nitrogen and oxygen atoms in total. The lowest BCUT2D eigenvalue weighted by atomic mass is 10.2. The molecule has 0 N–H and O–H groups in total. The molecule has 0 atom stereocenters. The Bertz CT molecular complexity index is 556. The second-order valence-corrected chi connectivity index (χ2v) is 5.84. The molecule has 8 heteroatoms. The van der Waals surface area contributed by atoms with Crippen LogP contribution in [0, 0.1) is 0 Å². The average molecular weight is 286 g/mol. The van der Waals surface area contributed by atoms with Gasteiger partial charge < -0.3 is 0 Å². The molecule has 0 aromatic heterocycles. The van der Waals surface area contributed by atoms with Crippen LogP contribution in [0.2, 0.25) is 5.02 Å². The van der Waals surface area contributed by atoms with Crippen molar-refractivity contribution in [3.8, 4) is 0 Å². The first-order chi connectivity index (χ1) is 7.73. The summed E-state index contributed by atoms with van der Waals surface area (Å²) in [6, 6.07) is 4.13. The van der Waals surface area contributed by atoms with Gasteiger partial charge in [-0.1, -0.05) is 11.6 Å². The summed E-state index contributed by atoms with van der Waals surface area (Å²) in [4.78, 5) is 0. The Hall–Kier alpha value is -0.950. The second-order valence-electron chi connectivity index (χ2n) is 3.55. The average Bonchev–Trinajstić information content (AvgIpc) is 2.58. The van der Waals surface area contributed by atoms with E-state index >= 15 is 0 Å².